The number of thiol groups is 1. The summed E-state index contributed by atoms with van der Waals surface area (Å²) in [4.78, 5) is 12.6. The van der Waals surface area contributed by atoms with Gasteiger partial charge in [-0.15, -0.1) is 12.6 Å². The maximum absolute atomic E-state index is 11.8. The summed E-state index contributed by atoms with van der Waals surface area (Å²) in [5, 5.41) is 12.4. The molecule has 0 aliphatic rings. The van der Waals surface area contributed by atoms with E-state index in [1.807, 2.05) is 0 Å². The van der Waals surface area contributed by atoms with Crippen molar-refractivity contribution in [2.24, 2.45) is 0 Å². The maximum Gasteiger partial charge on any atom is 0.248 e. The molecule has 2 aromatic carbocycles. The fourth-order valence-electron chi connectivity index (χ4n) is 1.71. The standard InChI is InChI=1S/C16H15NO3S/c1-20-15-8-2-11(10-14(15)18)3-9-16(19)17-12-4-6-13(21)7-5-12/h2-10,18,21H,1H3,(H,17,19)/b9-3+. The number of aromatic hydroxyl groups is 1. The molecule has 2 rings (SSSR count). The van der Waals surface area contributed by atoms with E-state index in [9.17, 15) is 9.90 Å². The van der Waals surface area contributed by atoms with Gasteiger partial charge in [0.15, 0.2) is 11.5 Å². The van der Waals surface area contributed by atoms with Crippen molar-refractivity contribution in [3.8, 4) is 11.5 Å². The van der Waals surface area contributed by atoms with Crippen LogP contribution in [0.5, 0.6) is 11.5 Å². The van der Waals surface area contributed by atoms with Crippen LogP contribution in [0, 0.1) is 0 Å². The van der Waals surface area contributed by atoms with Crippen molar-refractivity contribution in [2.75, 3.05) is 12.4 Å². The van der Waals surface area contributed by atoms with Crippen LogP contribution >= 0.6 is 12.6 Å². The number of amides is 1. The molecule has 0 heterocycles. The summed E-state index contributed by atoms with van der Waals surface area (Å²) in [7, 11) is 1.48. The lowest BCUT2D eigenvalue weighted by Crippen LogP contribution is -2.07. The molecule has 0 radical (unpaired) electrons. The summed E-state index contributed by atoms with van der Waals surface area (Å²) >= 11 is 4.18. The first-order chi connectivity index (χ1) is 10.1. The molecule has 0 unspecified atom stereocenters. The van der Waals surface area contributed by atoms with Crippen molar-refractivity contribution < 1.29 is 14.6 Å². The van der Waals surface area contributed by atoms with Crippen LogP contribution in [-0.2, 0) is 4.79 Å². The Morgan fingerprint density at radius 2 is 1.95 bits per heavy atom. The highest BCUT2D eigenvalue weighted by atomic mass is 32.1. The molecule has 2 N–H and O–H groups in total. The number of hydrogen-bond donors (Lipinski definition) is 3. The molecule has 0 fully saturated rings. The molecule has 0 bridgehead atoms. The summed E-state index contributed by atoms with van der Waals surface area (Å²) < 4.78 is 4.95. The van der Waals surface area contributed by atoms with E-state index in [2.05, 4.69) is 17.9 Å². The largest absolute Gasteiger partial charge is 0.504 e. The first-order valence-electron chi connectivity index (χ1n) is 6.23. The van der Waals surface area contributed by atoms with Crippen molar-refractivity contribution in [1.82, 2.24) is 0 Å². The predicted octanol–water partition coefficient (Wildman–Crippen LogP) is 3.34. The lowest BCUT2D eigenvalue weighted by molar-refractivity contribution is -0.111. The summed E-state index contributed by atoms with van der Waals surface area (Å²) in [6, 6.07) is 12.0. The summed E-state index contributed by atoms with van der Waals surface area (Å²) in [6.07, 6.45) is 3.01. The van der Waals surface area contributed by atoms with Gasteiger partial charge in [-0.25, -0.2) is 0 Å². The average molecular weight is 301 g/mol. The van der Waals surface area contributed by atoms with Crippen LogP contribution in [0.4, 0.5) is 5.69 Å². The Bertz CT molecular complexity index is 666. The number of methoxy groups -OCH3 is 1. The van der Waals surface area contributed by atoms with E-state index in [0.29, 0.717) is 17.0 Å². The third kappa shape index (κ3) is 4.29. The van der Waals surface area contributed by atoms with Gasteiger partial charge in [0.05, 0.1) is 7.11 Å². The number of ether oxygens (including phenoxy) is 1. The molecule has 0 aliphatic heterocycles. The molecule has 1 amide bonds. The van der Waals surface area contributed by atoms with Gasteiger partial charge in [0, 0.05) is 16.7 Å². The number of benzene rings is 2. The molecule has 0 atom stereocenters. The van der Waals surface area contributed by atoms with Gasteiger partial charge in [0.25, 0.3) is 0 Å². The van der Waals surface area contributed by atoms with E-state index in [0.717, 1.165) is 4.90 Å². The summed E-state index contributed by atoms with van der Waals surface area (Å²) in [6.45, 7) is 0. The molecule has 0 saturated heterocycles. The second-order valence-electron chi connectivity index (χ2n) is 4.30. The zero-order valence-electron chi connectivity index (χ0n) is 11.4. The lowest BCUT2D eigenvalue weighted by Gasteiger charge is -2.04. The van der Waals surface area contributed by atoms with Crippen LogP contribution < -0.4 is 10.1 Å². The Balaban J connectivity index is 2.01. The van der Waals surface area contributed by atoms with Gasteiger partial charge in [0.2, 0.25) is 5.91 Å². The maximum atomic E-state index is 11.8. The monoisotopic (exact) mass is 301 g/mol. The van der Waals surface area contributed by atoms with Gasteiger partial charge in [0.1, 0.15) is 0 Å². The Labute approximate surface area is 128 Å². The smallest absolute Gasteiger partial charge is 0.248 e. The van der Waals surface area contributed by atoms with Gasteiger partial charge in [-0.3, -0.25) is 4.79 Å². The number of rotatable bonds is 4. The lowest BCUT2D eigenvalue weighted by atomic mass is 10.2. The van der Waals surface area contributed by atoms with Gasteiger partial charge in [-0.1, -0.05) is 6.07 Å². The normalized spacial score (nSPS) is 10.6. The minimum atomic E-state index is -0.253. The van der Waals surface area contributed by atoms with Crippen LogP contribution in [0.25, 0.3) is 6.08 Å². The summed E-state index contributed by atoms with van der Waals surface area (Å²) in [5.41, 5.74) is 1.40. The second kappa shape index (κ2) is 6.85. The molecule has 0 saturated carbocycles. The number of carbonyl (C=O) groups excluding carboxylic acids is 1. The first-order valence-corrected chi connectivity index (χ1v) is 6.68. The highest BCUT2D eigenvalue weighted by molar-refractivity contribution is 7.80. The number of nitrogens with one attached hydrogen (secondary N) is 1. The highest BCUT2D eigenvalue weighted by Crippen LogP contribution is 2.26. The number of phenolic OH excluding ortho intramolecular Hbond substituents is 1. The molecular weight excluding hydrogens is 286 g/mol. The van der Waals surface area contributed by atoms with Crippen LogP contribution in [0.1, 0.15) is 5.56 Å². The molecule has 4 nitrogen and oxygen atoms in total. The number of anilines is 1. The molecule has 0 aliphatic carbocycles. The van der Waals surface area contributed by atoms with Crippen LogP contribution in [0.15, 0.2) is 53.4 Å². The van der Waals surface area contributed by atoms with E-state index < -0.39 is 0 Å². The Morgan fingerprint density at radius 3 is 2.57 bits per heavy atom. The first kappa shape index (κ1) is 15.0. The van der Waals surface area contributed by atoms with Crippen LogP contribution in [-0.4, -0.2) is 18.1 Å². The second-order valence-corrected chi connectivity index (χ2v) is 4.82. The van der Waals surface area contributed by atoms with E-state index in [4.69, 9.17) is 4.74 Å². The molecule has 5 heteroatoms. The SMILES string of the molecule is COc1ccc(/C=C/C(=O)Nc2ccc(S)cc2)cc1O. The Morgan fingerprint density at radius 1 is 1.24 bits per heavy atom. The van der Waals surface area contributed by atoms with Crippen molar-refractivity contribution in [3.05, 3.63) is 54.1 Å². The van der Waals surface area contributed by atoms with Gasteiger partial charge < -0.3 is 15.2 Å². The molecule has 2 aromatic rings. The molecular formula is C16H15NO3S. The molecule has 0 spiro atoms. The number of carbonyl (C=O) groups is 1. The zero-order chi connectivity index (χ0) is 15.2. The topological polar surface area (TPSA) is 58.6 Å². The molecule has 21 heavy (non-hydrogen) atoms. The Kier molecular flexibility index (Phi) is 4.90. The van der Waals surface area contributed by atoms with E-state index in [1.54, 1.807) is 42.5 Å². The third-order valence-corrected chi connectivity index (χ3v) is 3.06. The number of hydrogen-bond acceptors (Lipinski definition) is 4. The van der Waals surface area contributed by atoms with Gasteiger partial charge in [-0.05, 0) is 48.0 Å². The summed E-state index contributed by atoms with van der Waals surface area (Å²) in [5.74, 6) is 0.171. The molecule has 0 aromatic heterocycles. The van der Waals surface area contributed by atoms with Crippen molar-refractivity contribution in [3.63, 3.8) is 0 Å². The fourth-order valence-corrected chi connectivity index (χ4v) is 1.86. The van der Waals surface area contributed by atoms with Crippen LogP contribution in [0.2, 0.25) is 0 Å². The minimum Gasteiger partial charge on any atom is -0.504 e. The van der Waals surface area contributed by atoms with Crippen molar-refractivity contribution in [2.45, 2.75) is 4.90 Å². The quantitative estimate of drug-likeness (QED) is 0.599. The zero-order valence-corrected chi connectivity index (χ0v) is 12.3. The van der Waals surface area contributed by atoms with Crippen LogP contribution in [0.3, 0.4) is 0 Å². The molecule has 108 valence electrons. The highest BCUT2D eigenvalue weighted by Gasteiger charge is 2.01. The van der Waals surface area contributed by atoms with Crippen molar-refractivity contribution >= 4 is 30.3 Å². The third-order valence-electron chi connectivity index (χ3n) is 2.76. The average Bonchev–Trinajstić information content (AvgIpc) is 2.48. The predicted molar refractivity (Wildman–Crippen MR) is 86.0 cm³/mol. The van der Waals surface area contributed by atoms with Gasteiger partial charge >= 0.3 is 0 Å². The van der Waals surface area contributed by atoms with Crippen molar-refractivity contribution in [1.29, 1.82) is 0 Å². The minimum absolute atomic E-state index is 0.0319. The van der Waals surface area contributed by atoms with E-state index in [-0.39, 0.29) is 11.7 Å². The number of phenols is 1. The van der Waals surface area contributed by atoms with E-state index >= 15 is 0 Å². The van der Waals surface area contributed by atoms with Gasteiger partial charge in [-0.2, -0.15) is 0 Å². The van der Waals surface area contributed by atoms with E-state index in [1.165, 1.54) is 19.3 Å². The fraction of sp³-hybridized carbons (Fsp3) is 0.0625. The Hall–Kier alpha value is -2.40.